The van der Waals surface area contributed by atoms with Crippen LogP contribution < -0.4 is 15.8 Å². The van der Waals surface area contributed by atoms with Gasteiger partial charge in [0.15, 0.2) is 0 Å². The first-order valence-corrected chi connectivity index (χ1v) is 9.17. The molecule has 1 aromatic carbocycles. The Balaban J connectivity index is 1.56. The van der Waals surface area contributed by atoms with Crippen LogP contribution in [0.3, 0.4) is 0 Å². The first kappa shape index (κ1) is 17.2. The van der Waals surface area contributed by atoms with Crippen LogP contribution in [0, 0.1) is 0 Å². The van der Waals surface area contributed by atoms with Gasteiger partial charge in [-0.3, -0.25) is 15.2 Å². The second-order valence-electron chi connectivity index (χ2n) is 6.76. The highest BCUT2D eigenvalue weighted by molar-refractivity contribution is 6.08. The fourth-order valence-electron chi connectivity index (χ4n) is 2.97. The van der Waals surface area contributed by atoms with Gasteiger partial charge in [-0.15, -0.1) is 0 Å². The van der Waals surface area contributed by atoms with Gasteiger partial charge in [-0.1, -0.05) is 13.0 Å². The molecule has 0 atom stereocenters. The van der Waals surface area contributed by atoms with E-state index in [1.807, 2.05) is 15.8 Å². The number of carbonyl (C=O) groups excluding carboxylic acids is 1. The van der Waals surface area contributed by atoms with E-state index < -0.39 is 5.91 Å². The van der Waals surface area contributed by atoms with Gasteiger partial charge in [-0.25, -0.2) is 4.99 Å². The van der Waals surface area contributed by atoms with Crippen LogP contribution in [0.2, 0.25) is 0 Å². The monoisotopic (exact) mass is 367 g/mol. The number of nitrogens with two attached hydrogens (primary N) is 1. The Hall–Kier alpha value is -3.23. The molecule has 140 valence electrons. The number of carbonyl (C=O) groups is 1. The molecule has 27 heavy (non-hydrogen) atoms. The van der Waals surface area contributed by atoms with E-state index in [-0.39, 0.29) is 0 Å². The minimum Gasteiger partial charge on any atom is -0.366 e. The van der Waals surface area contributed by atoms with Crippen molar-refractivity contribution in [1.29, 1.82) is 0 Å². The molecule has 1 aliphatic heterocycles. The molecule has 1 amide bonds. The van der Waals surface area contributed by atoms with E-state index in [2.05, 4.69) is 32.4 Å². The van der Waals surface area contributed by atoms with Gasteiger partial charge in [-0.05, 0) is 42.4 Å². The molecule has 2 heterocycles. The number of primary amides is 1. The van der Waals surface area contributed by atoms with Crippen molar-refractivity contribution in [2.75, 3.05) is 6.54 Å². The molecule has 0 bridgehead atoms. The maximum Gasteiger partial charge on any atom is 0.375 e. The lowest BCUT2D eigenvalue weighted by atomic mass is 10.2. The summed E-state index contributed by atoms with van der Waals surface area (Å²) in [6.07, 6.45) is 5.71. The molecule has 0 unspecified atom stereocenters. The Morgan fingerprint density at radius 3 is 3.00 bits per heavy atom. The molecule has 1 aliphatic carbocycles. The van der Waals surface area contributed by atoms with Crippen molar-refractivity contribution >= 4 is 29.2 Å². The van der Waals surface area contributed by atoms with E-state index in [0.29, 0.717) is 29.7 Å². The number of nitrogens with zero attached hydrogens (tertiary/aromatic N) is 5. The quantitative estimate of drug-likeness (QED) is 0.671. The van der Waals surface area contributed by atoms with Crippen LogP contribution in [0.5, 0.6) is 0 Å². The van der Waals surface area contributed by atoms with Gasteiger partial charge in [0.05, 0.1) is 12.1 Å². The molecule has 0 radical (unpaired) electrons. The van der Waals surface area contributed by atoms with Gasteiger partial charge in [-0.2, -0.15) is 14.8 Å². The second-order valence-corrected chi connectivity index (χ2v) is 6.76. The van der Waals surface area contributed by atoms with Crippen LogP contribution in [-0.2, 0) is 0 Å². The number of aromatic nitrogens is 3. The van der Waals surface area contributed by atoms with E-state index in [1.54, 1.807) is 24.5 Å². The number of amidine groups is 2. The van der Waals surface area contributed by atoms with Gasteiger partial charge in [0.25, 0.3) is 0 Å². The van der Waals surface area contributed by atoms with Crippen LogP contribution in [0.25, 0.3) is 0 Å². The van der Waals surface area contributed by atoms with E-state index >= 15 is 0 Å². The number of hydrogen-bond acceptors (Lipinski definition) is 4. The molecule has 1 aromatic heterocycles. The Morgan fingerprint density at radius 2 is 2.26 bits per heavy atom. The molecule has 2 aliphatic rings. The van der Waals surface area contributed by atoms with E-state index in [1.165, 1.54) is 12.8 Å². The Kier molecular flexibility index (Phi) is 4.57. The molecule has 2 aromatic rings. The molecular formula is C18H23N8O+. The number of hydrazine groups is 1. The molecular weight excluding hydrogens is 344 g/mol. The molecule has 4 N–H and O–H groups in total. The maximum atomic E-state index is 11.4. The summed E-state index contributed by atoms with van der Waals surface area (Å²) in [4.78, 5) is 25.0. The van der Waals surface area contributed by atoms with Crippen molar-refractivity contribution in [1.82, 2.24) is 20.5 Å². The van der Waals surface area contributed by atoms with Crippen molar-refractivity contribution in [3.05, 3.63) is 36.2 Å². The van der Waals surface area contributed by atoms with E-state index in [0.717, 1.165) is 24.6 Å². The summed E-state index contributed by atoms with van der Waals surface area (Å²) in [6, 6.07) is 7.50. The summed E-state index contributed by atoms with van der Waals surface area (Å²) in [5, 5.41) is 5.21. The molecule has 1 saturated carbocycles. The number of aromatic amines is 1. The molecule has 4 rings (SSSR count). The second kappa shape index (κ2) is 7.18. The zero-order valence-corrected chi connectivity index (χ0v) is 15.2. The first-order valence-electron chi connectivity index (χ1n) is 9.17. The Bertz CT molecular complexity index is 912. The highest BCUT2D eigenvalue weighted by Gasteiger charge is 2.31. The number of hydrogen-bond donors (Lipinski definition) is 3. The average molecular weight is 367 g/mol. The zero-order chi connectivity index (χ0) is 18.8. The first-order chi connectivity index (χ1) is 13.1. The van der Waals surface area contributed by atoms with Crippen LogP contribution >= 0.6 is 0 Å². The Morgan fingerprint density at radius 1 is 1.41 bits per heavy atom. The third-order valence-corrected chi connectivity index (χ3v) is 4.45. The smallest absolute Gasteiger partial charge is 0.366 e. The fraction of sp³-hybridized carbons (Fsp3) is 0.389. The molecule has 2 fully saturated rings. The predicted molar refractivity (Wildman–Crippen MR) is 101 cm³/mol. The molecule has 0 spiro atoms. The lowest BCUT2D eigenvalue weighted by molar-refractivity contribution is -0.754. The summed E-state index contributed by atoms with van der Waals surface area (Å²) < 4.78 is 2.01. The van der Waals surface area contributed by atoms with Crippen molar-refractivity contribution in [3.63, 3.8) is 0 Å². The fourth-order valence-corrected chi connectivity index (χ4v) is 2.97. The van der Waals surface area contributed by atoms with Crippen molar-refractivity contribution in [3.8, 4) is 0 Å². The topological polar surface area (TPSA) is 116 Å². The minimum atomic E-state index is -0.465. The predicted octanol–water partition coefficient (Wildman–Crippen LogP) is 1.51. The van der Waals surface area contributed by atoms with Gasteiger partial charge in [0.2, 0.25) is 5.91 Å². The van der Waals surface area contributed by atoms with Crippen LogP contribution in [0.1, 0.15) is 49.0 Å². The average Bonchev–Trinajstić information content (AvgIpc) is 3.29. The number of benzene rings is 1. The molecule has 1 saturated heterocycles. The van der Waals surface area contributed by atoms with Crippen LogP contribution in [-0.4, -0.2) is 39.2 Å². The van der Waals surface area contributed by atoms with Crippen molar-refractivity contribution < 1.29 is 9.48 Å². The summed E-state index contributed by atoms with van der Waals surface area (Å²) in [6.45, 7) is 2.92. The van der Waals surface area contributed by atoms with E-state index in [4.69, 9.17) is 5.73 Å². The summed E-state index contributed by atoms with van der Waals surface area (Å²) in [5.74, 6) is 1.76. The highest BCUT2D eigenvalue weighted by atomic mass is 16.1. The number of H-pyrrole nitrogens is 1. The van der Waals surface area contributed by atoms with Crippen molar-refractivity contribution in [2.45, 2.75) is 38.6 Å². The third-order valence-electron chi connectivity index (χ3n) is 4.45. The maximum absolute atomic E-state index is 11.4. The van der Waals surface area contributed by atoms with Gasteiger partial charge in [0, 0.05) is 12.1 Å². The Labute approximate surface area is 157 Å². The zero-order valence-electron chi connectivity index (χ0n) is 15.2. The number of rotatable bonds is 6. The highest BCUT2D eigenvalue weighted by Crippen LogP contribution is 2.28. The van der Waals surface area contributed by atoms with Gasteiger partial charge < -0.3 is 5.73 Å². The lowest BCUT2D eigenvalue weighted by Gasteiger charge is -2.16. The normalized spacial score (nSPS) is 19.7. The standard InChI is InChI=1S/C18H22N8O/c1-2-8-25-16(22-18-20-11-26(24-18)14-6-7-14)10-15(23-25)21-13-5-3-4-12(9-13)17(19)27/h3-5,9,11,14H,2,6-8,10H2,1H3,(H3,19,21,23,27)/p+1. The van der Waals surface area contributed by atoms with Gasteiger partial charge >= 0.3 is 12.3 Å². The van der Waals surface area contributed by atoms with Crippen LogP contribution in [0.4, 0.5) is 11.6 Å². The number of nitrogens with one attached hydrogen (secondary N) is 2. The number of amides is 1. The molecule has 9 heteroatoms. The van der Waals surface area contributed by atoms with Crippen LogP contribution in [0.15, 0.2) is 40.6 Å². The van der Waals surface area contributed by atoms with Gasteiger partial charge in [0.1, 0.15) is 17.7 Å². The summed E-state index contributed by atoms with van der Waals surface area (Å²) in [7, 11) is 0. The summed E-state index contributed by atoms with van der Waals surface area (Å²) >= 11 is 0. The minimum absolute atomic E-state index is 0.439. The largest absolute Gasteiger partial charge is 0.375 e. The number of aliphatic imine (C=N–C) groups is 2. The molecule has 9 nitrogen and oxygen atoms in total. The van der Waals surface area contributed by atoms with Crippen molar-refractivity contribution in [2.24, 2.45) is 15.7 Å². The third kappa shape index (κ3) is 3.97. The SMILES string of the molecule is CCCN1NC(=Nc2cccc(C(N)=O)c2)CC1=Nc1nc[n+](C2CC2)[nH]1. The van der Waals surface area contributed by atoms with E-state index in [9.17, 15) is 4.79 Å². The summed E-state index contributed by atoms with van der Waals surface area (Å²) in [5.41, 5.74) is 9.75. The lowest BCUT2D eigenvalue weighted by Crippen LogP contribution is -2.36.